The first-order chi connectivity index (χ1) is 15.3. The first-order valence-corrected chi connectivity index (χ1v) is 11.1. The Labute approximate surface area is 183 Å². The summed E-state index contributed by atoms with van der Waals surface area (Å²) < 4.78 is 50.8. The van der Waals surface area contributed by atoms with E-state index >= 15 is 0 Å². The van der Waals surface area contributed by atoms with Gasteiger partial charge in [-0.05, 0) is 36.4 Å². The number of halogens is 1. The van der Waals surface area contributed by atoms with Crippen molar-refractivity contribution in [2.45, 2.75) is 4.90 Å². The van der Waals surface area contributed by atoms with E-state index in [-0.39, 0.29) is 42.2 Å². The van der Waals surface area contributed by atoms with Crippen molar-refractivity contribution in [1.29, 1.82) is 0 Å². The third-order valence-electron chi connectivity index (χ3n) is 5.25. The molecule has 0 saturated carbocycles. The maximum atomic E-state index is 13.1. The van der Waals surface area contributed by atoms with E-state index in [1.165, 1.54) is 34.5 Å². The largest absolute Gasteiger partial charge is 0.497 e. The van der Waals surface area contributed by atoms with Crippen molar-refractivity contribution >= 4 is 26.9 Å². The van der Waals surface area contributed by atoms with Crippen LogP contribution in [0.1, 0.15) is 10.6 Å². The summed E-state index contributed by atoms with van der Waals surface area (Å²) in [6.07, 6.45) is 0. The highest BCUT2D eigenvalue weighted by Gasteiger charge is 2.31. The summed E-state index contributed by atoms with van der Waals surface area (Å²) in [4.78, 5) is 14.5. The van der Waals surface area contributed by atoms with Gasteiger partial charge in [-0.15, -0.1) is 0 Å². The van der Waals surface area contributed by atoms with Crippen molar-refractivity contribution in [3.8, 4) is 5.75 Å². The summed E-state index contributed by atoms with van der Waals surface area (Å²) in [5.41, 5.74) is 0.306. The third kappa shape index (κ3) is 4.04. The molecule has 1 saturated heterocycles. The second-order valence-corrected chi connectivity index (χ2v) is 9.05. The fourth-order valence-electron chi connectivity index (χ4n) is 3.51. The zero-order valence-electron chi connectivity index (χ0n) is 17.1. The Hall–Kier alpha value is -3.44. The second kappa shape index (κ2) is 8.60. The van der Waals surface area contributed by atoms with Crippen LogP contribution in [0.4, 0.5) is 4.39 Å². The molecule has 3 aromatic rings. The molecule has 4 rings (SSSR count). The Balaban J connectivity index is 1.54. The summed E-state index contributed by atoms with van der Waals surface area (Å²) in [5.74, 6) is -0.522. The van der Waals surface area contributed by atoms with Gasteiger partial charge in [0.2, 0.25) is 10.0 Å². The molecule has 0 radical (unpaired) electrons. The molecule has 1 fully saturated rings. The highest BCUT2D eigenvalue weighted by atomic mass is 32.2. The number of sulfonamides is 1. The zero-order chi connectivity index (χ0) is 22.9. The fraction of sp³-hybridized carbons (Fsp3) is 0.238. The number of fused-ring (bicyclic) bond motifs is 1. The molecule has 2 heterocycles. The van der Waals surface area contributed by atoms with Crippen molar-refractivity contribution < 1.29 is 32.0 Å². The summed E-state index contributed by atoms with van der Waals surface area (Å²) in [6, 6.07) is 10.8. The van der Waals surface area contributed by atoms with Crippen molar-refractivity contribution in [2.24, 2.45) is 5.16 Å². The number of methoxy groups -OCH3 is 1. The molecule has 32 heavy (non-hydrogen) atoms. The third-order valence-corrected chi connectivity index (χ3v) is 7.16. The molecule has 1 aliphatic rings. The maximum absolute atomic E-state index is 13.1. The molecular weight excluding hydrogens is 441 g/mol. The molecule has 1 aliphatic heterocycles. The van der Waals surface area contributed by atoms with E-state index in [4.69, 9.17) is 9.15 Å². The number of benzene rings is 2. The molecule has 11 heteroatoms. The van der Waals surface area contributed by atoms with Gasteiger partial charge in [-0.2, -0.15) is 4.31 Å². The predicted molar refractivity (Wildman–Crippen MR) is 111 cm³/mol. The van der Waals surface area contributed by atoms with Crippen LogP contribution >= 0.6 is 0 Å². The van der Waals surface area contributed by atoms with Gasteiger partial charge in [-0.1, -0.05) is 5.16 Å². The molecule has 0 unspecified atom stereocenters. The Morgan fingerprint density at radius 2 is 1.78 bits per heavy atom. The van der Waals surface area contributed by atoms with Crippen molar-refractivity contribution in [2.75, 3.05) is 33.3 Å². The Bertz CT molecular complexity index is 1330. The van der Waals surface area contributed by atoms with Gasteiger partial charge in [0.05, 0.1) is 12.0 Å². The highest BCUT2D eigenvalue weighted by Crippen LogP contribution is 2.22. The van der Waals surface area contributed by atoms with Crippen LogP contribution in [0.25, 0.3) is 11.0 Å². The van der Waals surface area contributed by atoms with Gasteiger partial charge in [0.25, 0.3) is 5.91 Å². The van der Waals surface area contributed by atoms with Gasteiger partial charge in [-0.3, -0.25) is 4.79 Å². The van der Waals surface area contributed by atoms with Gasteiger partial charge in [0.15, 0.2) is 5.76 Å². The average molecular weight is 461 g/mol. The average Bonchev–Trinajstić information content (AvgIpc) is 2.82. The normalized spacial score (nSPS) is 15.8. The SMILES string of the molecule is COc1ccc2/c(=N\O)cc(C(=O)N3CCN(S(=O)(=O)c4ccc(F)cc4)CC3)oc2c1. The van der Waals surface area contributed by atoms with Gasteiger partial charge < -0.3 is 19.3 Å². The predicted octanol–water partition coefficient (Wildman–Crippen LogP) is 2.02. The lowest BCUT2D eigenvalue weighted by molar-refractivity contribution is 0.0666. The van der Waals surface area contributed by atoms with Crippen LogP contribution in [0.5, 0.6) is 5.75 Å². The lowest BCUT2D eigenvalue weighted by Crippen LogP contribution is -2.50. The smallest absolute Gasteiger partial charge is 0.289 e. The van der Waals surface area contributed by atoms with Crippen LogP contribution in [0.15, 0.2) is 63.0 Å². The summed E-state index contributed by atoms with van der Waals surface area (Å²) in [6.45, 7) is 0.418. The standard InChI is InChI=1S/C21H20FN3O6S/c1-30-15-4-7-17-18(23-27)13-20(31-19(17)12-15)21(26)24-8-10-25(11-9-24)32(28,29)16-5-2-14(22)3-6-16/h2-7,12-13,27H,8-11H2,1H3/b23-18-. The Kier molecular flexibility index (Phi) is 5.85. The topological polar surface area (TPSA) is 113 Å². The minimum Gasteiger partial charge on any atom is -0.497 e. The number of ether oxygens (including phenoxy) is 1. The van der Waals surface area contributed by atoms with Crippen LogP contribution in [0.2, 0.25) is 0 Å². The fourth-order valence-corrected chi connectivity index (χ4v) is 4.93. The maximum Gasteiger partial charge on any atom is 0.289 e. The van der Waals surface area contributed by atoms with Gasteiger partial charge >= 0.3 is 0 Å². The van der Waals surface area contributed by atoms with E-state index in [9.17, 15) is 22.8 Å². The molecule has 168 valence electrons. The Morgan fingerprint density at radius 1 is 1.09 bits per heavy atom. The molecule has 9 nitrogen and oxygen atoms in total. The van der Waals surface area contributed by atoms with E-state index in [1.54, 1.807) is 18.2 Å². The number of hydrogen-bond donors (Lipinski definition) is 1. The van der Waals surface area contributed by atoms with Crippen LogP contribution in [-0.2, 0) is 10.0 Å². The molecule has 2 aromatic carbocycles. The van der Waals surface area contributed by atoms with E-state index in [0.29, 0.717) is 16.7 Å². The molecule has 1 N–H and O–H groups in total. The summed E-state index contributed by atoms with van der Waals surface area (Å²) in [5, 5.41) is 13.3. The number of amides is 1. The van der Waals surface area contributed by atoms with E-state index < -0.39 is 21.7 Å². The first-order valence-electron chi connectivity index (χ1n) is 9.68. The van der Waals surface area contributed by atoms with Crippen molar-refractivity contribution in [3.05, 3.63) is 65.5 Å². The number of piperazine rings is 1. The quantitative estimate of drug-likeness (QED) is 0.470. The molecule has 1 aromatic heterocycles. The number of hydrogen-bond acceptors (Lipinski definition) is 7. The zero-order valence-corrected chi connectivity index (χ0v) is 17.9. The summed E-state index contributed by atoms with van der Waals surface area (Å²) in [7, 11) is -2.30. The van der Waals surface area contributed by atoms with Gasteiger partial charge in [-0.25, -0.2) is 12.8 Å². The van der Waals surface area contributed by atoms with Gasteiger partial charge in [0.1, 0.15) is 22.5 Å². The van der Waals surface area contributed by atoms with Crippen LogP contribution in [0, 0.1) is 5.82 Å². The number of carbonyl (C=O) groups excluding carboxylic acids is 1. The monoisotopic (exact) mass is 461 g/mol. The molecule has 0 spiro atoms. The highest BCUT2D eigenvalue weighted by molar-refractivity contribution is 7.89. The second-order valence-electron chi connectivity index (χ2n) is 7.11. The number of rotatable bonds is 4. The van der Waals surface area contributed by atoms with Crippen LogP contribution in [-0.4, -0.2) is 62.0 Å². The minimum atomic E-state index is -3.80. The number of carbonyl (C=O) groups is 1. The lowest BCUT2D eigenvalue weighted by Gasteiger charge is -2.33. The minimum absolute atomic E-state index is 0.00801. The molecule has 0 atom stereocenters. The van der Waals surface area contributed by atoms with Crippen molar-refractivity contribution in [3.63, 3.8) is 0 Å². The molecule has 0 bridgehead atoms. The van der Waals surface area contributed by atoms with Crippen LogP contribution in [0.3, 0.4) is 0 Å². The molecule has 1 amide bonds. The number of nitrogens with zero attached hydrogens (tertiary/aromatic N) is 3. The van der Waals surface area contributed by atoms with Gasteiger partial charge in [0, 0.05) is 43.7 Å². The van der Waals surface area contributed by atoms with E-state index in [2.05, 4.69) is 5.16 Å². The van der Waals surface area contributed by atoms with E-state index in [1.807, 2.05) is 0 Å². The van der Waals surface area contributed by atoms with Crippen LogP contribution < -0.4 is 10.1 Å². The molecular formula is C21H20FN3O6S. The van der Waals surface area contributed by atoms with E-state index in [0.717, 1.165) is 12.1 Å². The van der Waals surface area contributed by atoms with Crippen molar-refractivity contribution in [1.82, 2.24) is 9.21 Å². The summed E-state index contributed by atoms with van der Waals surface area (Å²) >= 11 is 0. The Morgan fingerprint density at radius 3 is 2.41 bits per heavy atom. The molecule has 0 aliphatic carbocycles. The first kappa shape index (κ1) is 21.8. The lowest BCUT2D eigenvalue weighted by atomic mass is 10.2.